The molecule has 1 N–H and O–H groups in total. The molecule has 1 amide bonds. The van der Waals surface area contributed by atoms with Crippen LogP contribution in [0.3, 0.4) is 0 Å². The Morgan fingerprint density at radius 1 is 0.824 bits per heavy atom. The second-order valence-electron chi connectivity index (χ2n) is 8.70. The summed E-state index contributed by atoms with van der Waals surface area (Å²) in [5.74, 6) is -0.479. The van der Waals surface area contributed by atoms with E-state index in [0.717, 1.165) is 35.7 Å². The minimum absolute atomic E-state index is 0.114. The van der Waals surface area contributed by atoms with Gasteiger partial charge in [0.1, 0.15) is 6.54 Å². The first-order valence-electron chi connectivity index (χ1n) is 12.1. The van der Waals surface area contributed by atoms with E-state index in [1.807, 2.05) is 0 Å². The van der Waals surface area contributed by atoms with E-state index in [2.05, 4.69) is 10.5 Å². The largest absolute Gasteiger partial charge is 0.271 e. The number of nitrogens with one attached hydrogen (secondary N) is 1. The number of hydrogen-bond donors (Lipinski definition) is 1. The fraction of sp³-hybridized carbons (Fsp3) is 0.462. The Bertz CT molecular complexity index is 1030. The molecule has 1 aliphatic rings. The highest BCUT2D eigenvalue weighted by Crippen LogP contribution is 2.25. The van der Waals surface area contributed by atoms with Gasteiger partial charge in [-0.05, 0) is 62.1 Å². The SMILES string of the molecule is O=C(CN(c1ccc(Cl)cc1)S(=O)(=O)c1ccccc1)NN=C1CCCCCCCCCCC1. The second kappa shape index (κ2) is 13.5. The summed E-state index contributed by atoms with van der Waals surface area (Å²) in [6, 6.07) is 14.5. The Balaban J connectivity index is 1.73. The first-order valence-corrected chi connectivity index (χ1v) is 14.0. The number of amides is 1. The molecule has 6 nitrogen and oxygen atoms in total. The van der Waals surface area contributed by atoms with Gasteiger partial charge in [0.25, 0.3) is 15.9 Å². The summed E-state index contributed by atoms with van der Waals surface area (Å²) in [7, 11) is -3.95. The van der Waals surface area contributed by atoms with Crippen LogP contribution in [-0.4, -0.2) is 26.6 Å². The van der Waals surface area contributed by atoms with E-state index in [1.54, 1.807) is 42.5 Å². The highest BCUT2D eigenvalue weighted by molar-refractivity contribution is 7.92. The Labute approximate surface area is 208 Å². The molecular weight excluding hydrogens is 470 g/mol. The van der Waals surface area contributed by atoms with E-state index in [4.69, 9.17) is 11.6 Å². The van der Waals surface area contributed by atoms with Crippen molar-refractivity contribution < 1.29 is 13.2 Å². The van der Waals surface area contributed by atoms with Gasteiger partial charge in [-0.1, -0.05) is 74.7 Å². The molecule has 0 spiro atoms. The van der Waals surface area contributed by atoms with Crippen LogP contribution in [0.5, 0.6) is 0 Å². The third-order valence-electron chi connectivity index (χ3n) is 6.00. The quantitative estimate of drug-likeness (QED) is 0.469. The van der Waals surface area contributed by atoms with Gasteiger partial charge in [-0.25, -0.2) is 13.8 Å². The number of benzene rings is 2. The second-order valence-corrected chi connectivity index (χ2v) is 11.0. The maximum Gasteiger partial charge on any atom is 0.264 e. The van der Waals surface area contributed by atoms with Crippen LogP contribution in [0.1, 0.15) is 70.6 Å². The van der Waals surface area contributed by atoms with Gasteiger partial charge in [0.2, 0.25) is 0 Å². The molecule has 184 valence electrons. The zero-order chi connectivity index (χ0) is 24.2. The topological polar surface area (TPSA) is 78.8 Å². The minimum atomic E-state index is -3.95. The van der Waals surface area contributed by atoms with E-state index < -0.39 is 15.9 Å². The normalized spacial score (nSPS) is 16.1. The molecule has 0 bridgehead atoms. The molecule has 34 heavy (non-hydrogen) atoms. The van der Waals surface area contributed by atoms with E-state index in [9.17, 15) is 13.2 Å². The van der Waals surface area contributed by atoms with Gasteiger partial charge in [0.15, 0.2) is 0 Å². The average Bonchev–Trinajstić information content (AvgIpc) is 2.83. The molecule has 1 aliphatic carbocycles. The predicted octanol–water partition coefficient (Wildman–Crippen LogP) is 6.31. The monoisotopic (exact) mass is 503 g/mol. The predicted molar refractivity (Wildman–Crippen MR) is 139 cm³/mol. The molecular formula is C26H34ClN3O3S. The van der Waals surface area contributed by atoms with Crippen LogP contribution in [0.15, 0.2) is 64.6 Å². The molecule has 0 unspecified atom stereocenters. The van der Waals surface area contributed by atoms with Gasteiger partial charge < -0.3 is 0 Å². The Morgan fingerprint density at radius 3 is 1.91 bits per heavy atom. The molecule has 3 rings (SSSR count). The van der Waals surface area contributed by atoms with Gasteiger partial charge in [-0.3, -0.25) is 9.10 Å². The Morgan fingerprint density at radius 2 is 1.35 bits per heavy atom. The number of nitrogens with zero attached hydrogens (tertiary/aromatic N) is 2. The lowest BCUT2D eigenvalue weighted by Gasteiger charge is -2.23. The molecule has 1 fully saturated rings. The lowest BCUT2D eigenvalue weighted by Crippen LogP contribution is -2.39. The number of hydrogen-bond acceptors (Lipinski definition) is 4. The van der Waals surface area contributed by atoms with Gasteiger partial charge in [0.05, 0.1) is 10.6 Å². The van der Waals surface area contributed by atoms with Crippen LogP contribution < -0.4 is 9.73 Å². The molecule has 2 aromatic carbocycles. The molecule has 2 aromatic rings. The zero-order valence-electron chi connectivity index (χ0n) is 19.6. The van der Waals surface area contributed by atoms with Crippen molar-refractivity contribution >= 4 is 38.9 Å². The molecule has 0 aliphatic heterocycles. The van der Waals surface area contributed by atoms with Gasteiger partial charge >= 0.3 is 0 Å². The van der Waals surface area contributed by atoms with Crippen LogP contribution >= 0.6 is 11.6 Å². The Hall–Kier alpha value is -2.38. The van der Waals surface area contributed by atoms with Gasteiger partial charge in [0, 0.05) is 10.7 Å². The number of carbonyl (C=O) groups excluding carboxylic acids is 1. The van der Waals surface area contributed by atoms with Crippen LogP contribution in [0, 0.1) is 0 Å². The van der Waals surface area contributed by atoms with Gasteiger partial charge in [-0.2, -0.15) is 5.10 Å². The van der Waals surface area contributed by atoms with E-state index >= 15 is 0 Å². The summed E-state index contributed by atoms with van der Waals surface area (Å²) in [5, 5.41) is 4.89. The van der Waals surface area contributed by atoms with Crippen LogP contribution in [0.2, 0.25) is 5.02 Å². The lowest BCUT2D eigenvalue weighted by atomic mass is 10.00. The van der Waals surface area contributed by atoms with Crippen LogP contribution in [0.25, 0.3) is 0 Å². The number of sulfonamides is 1. The van der Waals surface area contributed by atoms with Crippen molar-refractivity contribution in [3.05, 3.63) is 59.6 Å². The number of hydrazone groups is 1. The number of rotatable bonds is 6. The summed E-state index contributed by atoms with van der Waals surface area (Å²) in [6.07, 6.45) is 12.6. The van der Waals surface area contributed by atoms with Crippen molar-refractivity contribution in [1.82, 2.24) is 5.43 Å². The average molecular weight is 504 g/mol. The number of anilines is 1. The smallest absolute Gasteiger partial charge is 0.264 e. The minimum Gasteiger partial charge on any atom is -0.271 e. The summed E-state index contributed by atoms with van der Waals surface area (Å²) < 4.78 is 27.8. The van der Waals surface area contributed by atoms with Crippen molar-refractivity contribution in [2.24, 2.45) is 5.10 Å². The fourth-order valence-corrected chi connectivity index (χ4v) is 5.65. The number of carbonyl (C=O) groups is 1. The summed E-state index contributed by atoms with van der Waals surface area (Å²) in [4.78, 5) is 13.0. The van der Waals surface area contributed by atoms with E-state index in [0.29, 0.717) is 10.7 Å². The fourth-order valence-electron chi connectivity index (χ4n) is 4.08. The third kappa shape index (κ3) is 8.13. The van der Waals surface area contributed by atoms with Crippen LogP contribution in [0.4, 0.5) is 5.69 Å². The maximum absolute atomic E-state index is 13.4. The van der Waals surface area contributed by atoms with Crippen LogP contribution in [-0.2, 0) is 14.8 Å². The third-order valence-corrected chi connectivity index (χ3v) is 8.04. The standard InChI is InChI=1S/C26H34ClN3O3S/c27-22-17-19-24(20-18-22)30(34(32,33)25-15-11-8-12-16-25)21-26(31)29-28-23-13-9-6-4-2-1-3-5-7-10-14-23/h8,11-12,15-20H,1-7,9-10,13-14,21H2,(H,29,31). The molecule has 0 heterocycles. The first kappa shape index (κ1) is 26.2. The molecule has 0 saturated heterocycles. The summed E-state index contributed by atoms with van der Waals surface area (Å²) in [5.41, 5.74) is 3.96. The first-order chi connectivity index (χ1) is 16.5. The van der Waals surface area contributed by atoms with Crippen molar-refractivity contribution in [2.75, 3.05) is 10.8 Å². The lowest BCUT2D eigenvalue weighted by molar-refractivity contribution is -0.119. The summed E-state index contributed by atoms with van der Waals surface area (Å²) >= 11 is 5.99. The highest BCUT2D eigenvalue weighted by atomic mass is 35.5. The molecule has 8 heteroatoms. The van der Waals surface area contributed by atoms with Crippen molar-refractivity contribution in [2.45, 2.75) is 75.5 Å². The molecule has 0 aromatic heterocycles. The Kier molecular flexibility index (Phi) is 10.4. The van der Waals surface area contributed by atoms with E-state index in [1.165, 1.54) is 57.1 Å². The van der Waals surface area contributed by atoms with Crippen molar-refractivity contribution in [3.8, 4) is 0 Å². The van der Waals surface area contributed by atoms with Crippen molar-refractivity contribution in [1.29, 1.82) is 0 Å². The molecule has 1 saturated carbocycles. The zero-order valence-corrected chi connectivity index (χ0v) is 21.2. The maximum atomic E-state index is 13.4. The molecule has 0 radical (unpaired) electrons. The van der Waals surface area contributed by atoms with Crippen molar-refractivity contribution in [3.63, 3.8) is 0 Å². The van der Waals surface area contributed by atoms with Gasteiger partial charge in [-0.15, -0.1) is 0 Å². The summed E-state index contributed by atoms with van der Waals surface area (Å²) in [6.45, 7) is -0.379. The van der Waals surface area contributed by atoms with E-state index in [-0.39, 0.29) is 11.4 Å². The number of halogens is 1. The highest BCUT2D eigenvalue weighted by Gasteiger charge is 2.27. The molecule has 0 atom stereocenters.